The Bertz CT molecular complexity index is 707. The molecule has 2 rings (SSSR count). The van der Waals surface area contributed by atoms with Crippen molar-refractivity contribution >= 4 is 18.0 Å². The van der Waals surface area contributed by atoms with Crippen molar-refractivity contribution < 1.29 is 19.4 Å². The topological polar surface area (TPSA) is 63.6 Å². The number of rotatable bonds is 6. The first-order chi connectivity index (χ1) is 12.3. The van der Waals surface area contributed by atoms with Gasteiger partial charge in [0.05, 0.1) is 6.10 Å². The molecule has 1 aliphatic carbocycles. The van der Waals surface area contributed by atoms with E-state index in [1.54, 1.807) is 6.08 Å². The van der Waals surface area contributed by atoms with Gasteiger partial charge in [-0.25, -0.2) is 4.79 Å². The lowest BCUT2D eigenvalue weighted by Crippen LogP contribution is -2.44. The molecule has 0 radical (unpaired) electrons. The maximum absolute atomic E-state index is 12.4. The number of aliphatic carboxylic acids is 1. The molecule has 0 aromatic heterocycles. The van der Waals surface area contributed by atoms with Crippen LogP contribution in [0.4, 0.5) is 0 Å². The van der Waals surface area contributed by atoms with E-state index in [9.17, 15) is 14.7 Å². The van der Waals surface area contributed by atoms with Gasteiger partial charge >= 0.3 is 5.97 Å². The SMILES string of the molecule is CCOC(C=Cc1ccccc1)C1(C(=O)O)CCC(C(C)(C)C)C1=C=O. The fourth-order valence-electron chi connectivity index (χ4n) is 3.93. The van der Waals surface area contributed by atoms with Crippen LogP contribution in [0.25, 0.3) is 6.08 Å². The van der Waals surface area contributed by atoms with Gasteiger partial charge in [0.25, 0.3) is 0 Å². The number of hydrogen-bond donors (Lipinski definition) is 1. The summed E-state index contributed by atoms with van der Waals surface area (Å²) in [5.41, 5.74) is -0.279. The zero-order valence-corrected chi connectivity index (χ0v) is 16.0. The zero-order valence-electron chi connectivity index (χ0n) is 16.0. The predicted molar refractivity (Wildman–Crippen MR) is 102 cm³/mol. The summed E-state index contributed by atoms with van der Waals surface area (Å²) in [5.74, 6) is 0.866. The standard InChI is InChI=1S/C22H28O4/c1-5-26-19(12-11-16-9-7-6-8-10-16)22(20(24)25)14-13-17(18(22)15-23)21(2,3)4/h6-12,17,19H,5,13-14H2,1-4H3,(H,24,25). The van der Waals surface area contributed by atoms with Crippen molar-refractivity contribution in [1.82, 2.24) is 0 Å². The lowest BCUT2D eigenvalue weighted by atomic mass is 9.70. The van der Waals surface area contributed by atoms with Crippen molar-refractivity contribution in [3.05, 3.63) is 47.5 Å². The van der Waals surface area contributed by atoms with Crippen molar-refractivity contribution in [2.45, 2.75) is 46.6 Å². The van der Waals surface area contributed by atoms with Gasteiger partial charge in [-0.15, -0.1) is 0 Å². The summed E-state index contributed by atoms with van der Waals surface area (Å²) < 4.78 is 5.84. The summed E-state index contributed by atoms with van der Waals surface area (Å²) in [6.45, 7) is 8.29. The molecular formula is C22H28O4. The summed E-state index contributed by atoms with van der Waals surface area (Å²) in [5, 5.41) is 10.1. The van der Waals surface area contributed by atoms with E-state index in [2.05, 4.69) is 0 Å². The summed E-state index contributed by atoms with van der Waals surface area (Å²) in [4.78, 5) is 24.2. The van der Waals surface area contributed by atoms with Crippen LogP contribution < -0.4 is 0 Å². The Labute approximate surface area is 155 Å². The Balaban J connectivity index is 2.49. The fourth-order valence-corrected chi connectivity index (χ4v) is 3.93. The highest BCUT2D eigenvalue weighted by Gasteiger charge is 2.58. The monoisotopic (exact) mass is 356 g/mol. The molecule has 1 aromatic carbocycles. The number of carboxylic acids is 1. The van der Waals surface area contributed by atoms with E-state index in [0.29, 0.717) is 25.0 Å². The van der Waals surface area contributed by atoms with Gasteiger partial charge in [0.1, 0.15) is 11.4 Å². The maximum atomic E-state index is 12.4. The third-order valence-electron chi connectivity index (χ3n) is 5.29. The molecule has 3 atom stereocenters. The highest BCUT2D eigenvalue weighted by atomic mass is 16.5. The van der Waals surface area contributed by atoms with Gasteiger partial charge in [0, 0.05) is 12.2 Å². The van der Waals surface area contributed by atoms with Crippen LogP contribution >= 0.6 is 0 Å². The van der Waals surface area contributed by atoms with E-state index in [-0.39, 0.29) is 11.3 Å². The minimum absolute atomic E-state index is 0.121. The molecule has 1 fully saturated rings. The van der Waals surface area contributed by atoms with Crippen LogP contribution in [0.1, 0.15) is 46.1 Å². The molecule has 0 amide bonds. The summed E-state index contributed by atoms with van der Waals surface area (Å²) in [7, 11) is 0. The molecular weight excluding hydrogens is 328 g/mol. The number of ether oxygens (including phenoxy) is 1. The predicted octanol–water partition coefficient (Wildman–Crippen LogP) is 4.39. The van der Waals surface area contributed by atoms with Crippen LogP contribution in [-0.2, 0) is 14.3 Å². The minimum Gasteiger partial charge on any atom is -0.480 e. The Morgan fingerprint density at radius 3 is 2.54 bits per heavy atom. The van der Waals surface area contributed by atoms with Crippen molar-refractivity contribution in [3.63, 3.8) is 0 Å². The van der Waals surface area contributed by atoms with Gasteiger partial charge in [-0.3, -0.25) is 4.79 Å². The first kappa shape index (κ1) is 20.2. The van der Waals surface area contributed by atoms with Gasteiger partial charge in [0.15, 0.2) is 0 Å². The Morgan fingerprint density at radius 2 is 2.04 bits per heavy atom. The van der Waals surface area contributed by atoms with Crippen LogP contribution in [0.15, 0.2) is 42.0 Å². The van der Waals surface area contributed by atoms with Crippen LogP contribution in [-0.4, -0.2) is 29.7 Å². The molecule has 4 nitrogen and oxygen atoms in total. The summed E-state index contributed by atoms with van der Waals surface area (Å²) in [6.07, 6.45) is 3.93. The second kappa shape index (κ2) is 8.03. The molecule has 0 aliphatic heterocycles. The molecule has 140 valence electrons. The lowest BCUT2D eigenvalue weighted by Gasteiger charge is -2.34. The first-order valence-corrected chi connectivity index (χ1v) is 9.11. The van der Waals surface area contributed by atoms with Gasteiger partial charge < -0.3 is 9.84 Å². The normalized spacial score (nSPS) is 24.6. The van der Waals surface area contributed by atoms with Gasteiger partial charge in [-0.2, -0.15) is 0 Å². The van der Waals surface area contributed by atoms with Crippen molar-refractivity contribution in [2.75, 3.05) is 6.61 Å². The molecule has 26 heavy (non-hydrogen) atoms. The van der Waals surface area contributed by atoms with E-state index < -0.39 is 17.5 Å². The molecule has 0 bridgehead atoms. The molecule has 1 aromatic rings. The number of carboxylic acid groups (broad SMARTS) is 1. The minimum atomic E-state index is -1.36. The lowest BCUT2D eigenvalue weighted by molar-refractivity contribution is -0.152. The molecule has 1 aliphatic rings. The average Bonchev–Trinajstić information content (AvgIpc) is 3.00. The molecule has 0 heterocycles. The van der Waals surface area contributed by atoms with E-state index >= 15 is 0 Å². The molecule has 3 unspecified atom stereocenters. The third-order valence-corrected chi connectivity index (χ3v) is 5.29. The Hall–Kier alpha value is -2.16. The Morgan fingerprint density at radius 1 is 1.38 bits per heavy atom. The molecule has 4 heteroatoms. The number of benzene rings is 1. The van der Waals surface area contributed by atoms with Crippen LogP contribution in [0.2, 0.25) is 0 Å². The molecule has 1 N–H and O–H groups in total. The van der Waals surface area contributed by atoms with Crippen molar-refractivity contribution in [2.24, 2.45) is 16.7 Å². The zero-order chi connectivity index (χ0) is 19.4. The number of hydrogen-bond acceptors (Lipinski definition) is 3. The second-order valence-electron chi connectivity index (χ2n) is 7.90. The van der Waals surface area contributed by atoms with E-state index in [0.717, 1.165) is 5.56 Å². The molecule has 1 saturated carbocycles. The Kier molecular flexibility index (Phi) is 6.22. The largest absolute Gasteiger partial charge is 0.480 e. The van der Waals surface area contributed by atoms with E-state index in [4.69, 9.17) is 4.74 Å². The van der Waals surface area contributed by atoms with Crippen LogP contribution in [0.5, 0.6) is 0 Å². The van der Waals surface area contributed by atoms with E-state index in [1.165, 1.54) is 0 Å². The molecule has 0 spiro atoms. The van der Waals surface area contributed by atoms with E-state index in [1.807, 2.05) is 70.0 Å². The maximum Gasteiger partial charge on any atom is 0.317 e. The first-order valence-electron chi connectivity index (χ1n) is 9.11. The van der Waals surface area contributed by atoms with Gasteiger partial charge in [0.2, 0.25) is 0 Å². The quantitative estimate of drug-likeness (QED) is 0.768. The highest BCUT2D eigenvalue weighted by Crippen LogP contribution is 2.54. The van der Waals surface area contributed by atoms with Crippen molar-refractivity contribution in [1.29, 1.82) is 0 Å². The van der Waals surface area contributed by atoms with Crippen LogP contribution in [0.3, 0.4) is 0 Å². The smallest absolute Gasteiger partial charge is 0.317 e. The van der Waals surface area contributed by atoms with Gasteiger partial charge in [-0.1, -0.05) is 63.3 Å². The summed E-state index contributed by atoms with van der Waals surface area (Å²) in [6, 6.07) is 9.65. The second-order valence-corrected chi connectivity index (χ2v) is 7.90. The van der Waals surface area contributed by atoms with Crippen molar-refractivity contribution in [3.8, 4) is 0 Å². The van der Waals surface area contributed by atoms with Gasteiger partial charge in [-0.05, 0) is 36.7 Å². The fraction of sp³-hybridized carbons (Fsp3) is 0.500. The average molecular weight is 356 g/mol. The highest BCUT2D eigenvalue weighted by molar-refractivity contribution is 5.85. The van der Waals surface area contributed by atoms with Crippen LogP contribution in [0, 0.1) is 16.7 Å². The number of carbonyl (C=O) groups excluding carboxylic acids is 1. The summed E-state index contributed by atoms with van der Waals surface area (Å²) >= 11 is 0. The number of carbonyl (C=O) groups is 1. The molecule has 0 saturated heterocycles. The third kappa shape index (κ3) is 3.82.